The molecule has 2 aliphatic carbocycles. The maximum Gasteiger partial charge on any atom is 0.416 e. The number of halogens is 3. The summed E-state index contributed by atoms with van der Waals surface area (Å²) >= 11 is 0. The predicted molar refractivity (Wildman–Crippen MR) is 88.5 cm³/mol. The van der Waals surface area contributed by atoms with Gasteiger partial charge in [0.1, 0.15) is 12.7 Å². The first kappa shape index (κ1) is 17.1. The van der Waals surface area contributed by atoms with Gasteiger partial charge in [-0.2, -0.15) is 18.3 Å². The van der Waals surface area contributed by atoms with Gasteiger partial charge < -0.3 is 5.32 Å². The normalized spacial score (nSPS) is 24.8. The molecule has 2 bridgehead atoms. The van der Waals surface area contributed by atoms with Crippen molar-refractivity contribution in [1.29, 1.82) is 0 Å². The number of nitrogens with zero attached hydrogens (tertiary/aromatic N) is 3. The van der Waals surface area contributed by atoms with Crippen molar-refractivity contribution in [2.45, 2.75) is 38.3 Å². The summed E-state index contributed by atoms with van der Waals surface area (Å²) in [7, 11) is 0. The summed E-state index contributed by atoms with van der Waals surface area (Å²) in [6.07, 6.45) is 3.19. The number of nitrogens with one attached hydrogen (secondary N) is 1. The first-order valence-corrected chi connectivity index (χ1v) is 8.76. The number of anilines is 1. The second kappa shape index (κ2) is 6.41. The van der Waals surface area contributed by atoms with Crippen molar-refractivity contribution in [1.82, 2.24) is 14.8 Å². The molecule has 1 heterocycles. The van der Waals surface area contributed by atoms with Crippen molar-refractivity contribution in [3.8, 4) is 5.69 Å². The van der Waals surface area contributed by atoms with E-state index in [1.807, 2.05) is 0 Å². The van der Waals surface area contributed by atoms with Crippen LogP contribution in [0.15, 0.2) is 30.9 Å². The van der Waals surface area contributed by atoms with Crippen LogP contribution >= 0.6 is 0 Å². The standard InChI is InChI=1S/C18H19F3N4O/c19-18(20,21)14-3-4-16(25-10-22-9-23-25)15(8-14)24-17(26)7-13-6-11-1-2-12(13)5-11/h3-4,8-13H,1-2,5-7H2,(H,24,26). The molecule has 3 atom stereocenters. The van der Waals surface area contributed by atoms with E-state index < -0.39 is 11.7 Å². The molecule has 0 spiro atoms. The maximum absolute atomic E-state index is 13.1. The zero-order chi connectivity index (χ0) is 18.3. The summed E-state index contributed by atoms with van der Waals surface area (Å²) in [4.78, 5) is 16.3. The lowest BCUT2D eigenvalue weighted by atomic mass is 9.86. The fourth-order valence-corrected chi connectivity index (χ4v) is 4.41. The Morgan fingerprint density at radius 2 is 2.12 bits per heavy atom. The van der Waals surface area contributed by atoms with Crippen LogP contribution in [-0.2, 0) is 11.0 Å². The van der Waals surface area contributed by atoms with E-state index >= 15 is 0 Å². The Bertz CT molecular complexity index is 803. The largest absolute Gasteiger partial charge is 0.416 e. The van der Waals surface area contributed by atoms with Crippen molar-refractivity contribution < 1.29 is 18.0 Å². The highest BCUT2D eigenvalue weighted by Crippen LogP contribution is 2.49. The number of alkyl halides is 3. The summed E-state index contributed by atoms with van der Waals surface area (Å²) in [5.74, 6) is 1.40. The fourth-order valence-electron chi connectivity index (χ4n) is 4.41. The van der Waals surface area contributed by atoms with E-state index in [2.05, 4.69) is 15.4 Å². The molecule has 3 unspecified atom stereocenters. The number of rotatable bonds is 4. The van der Waals surface area contributed by atoms with Crippen LogP contribution in [0.5, 0.6) is 0 Å². The summed E-state index contributed by atoms with van der Waals surface area (Å²) in [6, 6.07) is 3.23. The number of fused-ring (bicyclic) bond motifs is 2. The third kappa shape index (κ3) is 3.32. The van der Waals surface area contributed by atoms with E-state index in [-0.39, 0.29) is 11.6 Å². The van der Waals surface area contributed by atoms with Gasteiger partial charge in [-0.05, 0) is 55.2 Å². The molecule has 2 aliphatic rings. The lowest BCUT2D eigenvalue weighted by Gasteiger charge is -2.21. The van der Waals surface area contributed by atoms with Gasteiger partial charge in [0.15, 0.2) is 0 Å². The molecule has 0 saturated heterocycles. The summed E-state index contributed by atoms with van der Waals surface area (Å²) in [6.45, 7) is 0. The molecule has 1 N–H and O–H groups in total. The molecule has 26 heavy (non-hydrogen) atoms. The molecule has 2 fully saturated rings. The van der Waals surface area contributed by atoms with Crippen LogP contribution in [-0.4, -0.2) is 20.7 Å². The molecule has 138 valence electrons. The maximum atomic E-state index is 13.1. The quantitative estimate of drug-likeness (QED) is 0.890. The monoisotopic (exact) mass is 364 g/mol. The lowest BCUT2D eigenvalue weighted by molar-refractivity contribution is -0.137. The third-order valence-corrected chi connectivity index (χ3v) is 5.60. The fraction of sp³-hybridized carbons (Fsp3) is 0.500. The number of carbonyl (C=O) groups is 1. The highest BCUT2D eigenvalue weighted by Gasteiger charge is 2.40. The van der Waals surface area contributed by atoms with Gasteiger partial charge in [-0.1, -0.05) is 6.42 Å². The molecule has 5 nitrogen and oxygen atoms in total. The average molecular weight is 364 g/mol. The van der Waals surface area contributed by atoms with Gasteiger partial charge in [0.25, 0.3) is 0 Å². The molecule has 2 saturated carbocycles. The van der Waals surface area contributed by atoms with E-state index in [4.69, 9.17) is 0 Å². The van der Waals surface area contributed by atoms with Crippen molar-refractivity contribution in [3.63, 3.8) is 0 Å². The van der Waals surface area contributed by atoms with Crippen molar-refractivity contribution in [2.24, 2.45) is 17.8 Å². The van der Waals surface area contributed by atoms with Gasteiger partial charge in [-0.25, -0.2) is 9.67 Å². The Morgan fingerprint density at radius 1 is 1.27 bits per heavy atom. The highest BCUT2D eigenvalue weighted by atomic mass is 19.4. The number of benzene rings is 1. The summed E-state index contributed by atoms with van der Waals surface area (Å²) in [5.41, 5.74) is -0.355. The molecule has 0 radical (unpaired) electrons. The minimum Gasteiger partial charge on any atom is -0.324 e. The van der Waals surface area contributed by atoms with Gasteiger partial charge in [0.2, 0.25) is 5.91 Å². The minimum absolute atomic E-state index is 0.0958. The van der Waals surface area contributed by atoms with E-state index in [0.717, 1.165) is 30.9 Å². The van der Waals surface area contributed by atoms with Crippen LogP contribution < -0.4 is 5.32 Å². The SMILES string of the molecule is O=C(CC1CC2CCC1C2)Nc1cc(C(F)(F)F)ccc1-n1cncn1. The van der Waals surface area contributed by atoms with Gasteiger partial charge in [-0.15, -0.1) is 0 Å². The van der Waals surface area contributed by atoms with Crippen LogP contribution in [0.25, 0.3) is 5.69 Å². The summed E-state index contributed by atoms with van der Waals surface area (Å²) in [5, 5.41) is 6.62. The van der Waals surface area contributed by atoms with Crippen LogP contribution in [0.2, 0.25) is 0 Å². The lowest BCUT2D eigenvalue weighted by Crippen LogP contribution is -2.21. The number of carbonyl (C=O) groups excluding carboxylic acids is 1. The van der Waals surface area contributed by atoms with Gasteiger partial charge in [0, 0.05) is 6.42 Å². The Kier molecular flexibility index (Phi) is 4.20. The molecule has 1 amide bonds. The van der Waals surface area contributed by atoms with Crippen molar-refractivity contribution in [3.05, 3.63) is 36.4 Å². The van der Waals surface area contributed by atoms with Crippen LogP contribution in [0.4, 0.5) is 18.9 Å². The number of amides is 1. The van der Waals surface area contributed by atoms with E-state index in [9.17, 15) is 18.0 Å². The zero-order valence-corrected chi connectivity index (χ0v) is 14.0. The third-order valence-electron chi connectivity index (χ3n) is 5.60. The van der Waals surface area contributed by atoms with E-state index in [0.29, 0.717) is 23.9 Å². The smallest absolute Gasteiger partial charge is 0.324 e. The molecule has 8 heteroatoms. The van der Waals surface area contributed by atoms with E-state index in [1.54, 1.807) is 0 Å². The predicted octanol–water partition coefficient (Wildman–Crippen LogP) is 4.05. The van der Waals surface area contributed by atoms with Crippen molar-refractivity contribution >= 4 is 11.6 Å². The first-order chi connectivity index (χ1) is 12.4. The molecule has 4 rings (SSSR count). The van der Waals surface area contributed by atoms with Gasteiger partial charge in [-0.3, -0.25) is 4.79 Å². The number of hydrogen-bond donors (Lipinski definition) is 1. The van der Waals surface area contributed by atoms with Crippen LogP contribution in [0, 0.1) is 17.8 Å². The zero-order valence-electron chi connectivity index (χ0n) is 14.0. The average Bonchev–Trinajstić information content (AvgIpc) is 3.32. The summed E-state index contributed by atoms with van der Waals surface area (Å²) < 4.78 is 40.5. The molecule has 1 aromatic carbocycles. The number of hydrogen-bond acceptors (Lipinski definition) is 3. The Labute approximate surface area is 148 Å². The molecule has 1 aromatic heterocycles. The molecule has 2 aromatic rings. The topological polar surface area (TPSA) is 59.8 Å². The number of aromatic nitrogens is 3. The van der Waals surface area contributed by atoms with Crippen LogP contribution in [0.1, 0.15) is 37.7 Å². The van der Waals surface area contributed by atoms with Gasteiger partial charge in [0.05, 0.1) is 16.9 Å². The molecule has 0 aliphatic heterocycles. The van der Waals surface area contributed by atoms with Crippen molar-refractivity contribution in [2.75, 3.05) is 5.32 Å². The Hall–Kier alpha value is -2.38. The Morgan fingerprint density at radius 3 is 2.73 bits per heavy atom. The van der Waals surface area contributed by atoms with Gasteiger partial charge >= 0.3 is 6.18 Å². The first-order valence-electron chi connectivity index (χ1n) is 8.76. The second-order valence-corrected chi connectivity index (χ2v) is 7.26. The second-order valence-electron chi connectivity index (χ2n) is 7.26. The molecular weight excluding hydrogens is 345 g/mol. The van der Waals surface area contributed by atoms with E-state index in [1.165, 1.54) is 36.2 Å². The van der Waals surface area contributed by atoms with Crippen LogP contribution in [0.3, 0.4) is 0 Å². The highest BCUT2D eigenvalue weighted by molar-refractivity contribution is 5.93. The molecular formula is C18H19F3N4O. The Balaban J connectivity index is 1.56. The minimum atomic E-state index is -4.48.